The van der Waals surface area contributed by atoms with Gasteiger partial charge in [0, 0.05) is 38.7 Å². The van der Waals surface area contributed by atoms with Gasteiger partial charge in [0.25, 0.3) is 0 Å². The number of primary amides is 3. The summed E-state index contributed by atoms with van der Waals surface area (Å²) in [5.41, 5.74) is 18.7. The standard InChI is InChI=1S/C19H17N3O4.C17H13N3O4.C11H10N2O3.C8H8ClNO/c1-2-26-19(25)16-17(23)14-5-3-4-6-15(14)22(21-16)11-12-7-9-13(10-8-12)18(20)24;18-16(22)11-7-5-10(6-8-11)9-20-13-4-2-1-3-12(13)15(21)14(19-20)17(23)24;1-2-16-11(15)9-10(14)7-5-3-4-6-8(7)12-13-9;9-5-6-1-3-7(4-2-6)8(10)11/h3-10H,2,11H2,1H3,(H2,20,24);1-8H,9H2,(H2,18,22)(H,23,24);3-6H,2H2,1H3,(H,12,14);1-4H,5H2,(H2,10,11). The molecule has 0 aliphatic rings. The van der Waals surface area contributed by atoms with Crippen LogP contribution < -0.4 is 33.5 Å². The summed E-state index contributed by atoms with van der Waals surface area (Å²) in [6.07, 6.45) is 0. The molecule has 392 valence electrons. The van der Waals surface area contributed by atoms with E-state index in [1.807, 2.05) is 0 Å². The van der Waals surface area contributed by atoms with Crippen LogP contribution in [0.2, 0.25) is 0 Å². The smallest absolute Gasteiger partial charge is 0.362 e. The molecule has 0 bridgehead atoms. The first-order valence-electron chi connectivity index (χ1n) is 23.2. The first kappa shape index (κ1) is 56.2. The van der Waals surface area contributed by atoms with Crippen molar-refractivity contribution in [1.82, 2.24) is 29.8 Å². The molecule has 6 aromatic carbocycles. The molecule has 0 unspecified atom stereocenters. The van der Waals surface area contributed by atoms with Crippen LogP contribution in [0.5, 0.6) is 0 Å². The molecule has 3 aromatic heterocycles. The highest BCUT2D eigenvalue weighted by Gasteiger charge is 2.20. The largest absolute Gasteiger partial charge is 0.476 e. The first-order chi connectivity index (χ1) is 36.9. The number of carboxylic acids is 1. The number of fused-ring (bicyclic) bond motifs is 3. The van der Waals surface area contributed by atoms with Crippen molar-refractivity contribution in [2.75, 3.05) is 13.2 Å². The van der Waals surface area contributed by atoms with E-state index in [4.69, 9.17) is 38.3 Å². The molecule has 0 aliphatic carbocycles. The minimum atomic E-state index is -1.37. The predicted molar refractivity (Wildman–Crippen MR) is 286 cm³/mol. The number of carbonyl (C=O) groups is 6. The first-order valence-corrected chi connectivity index (χ1v) is 23.8. The normalized spacial score (nSPS) is 10.4. The van der Waals surface area contributed by atoms with Crippen LogP contribution in [0.15, 0.2) is 160 Å². The molecule has 3 amide bonds. The number of alkyl halides is 1. The Balaban J connectivity index is 0.000000174. The monoisotopic (exact) mass is 1060 g/mol. The van der Waals surface area contributed by atoms with E-state index in [2.05, 4.69) is 20.4 Å². The molecule has 77 heavy (non-hydrogen) atoms. The summed E-state index contributed by atoms with van der Waals surface area (Å²) in [6.45, 7) is 4.27. The molecular weight excluding hydrogens is 1010 g/mol. The second-order valence-corrected chi connectivity index (χ2v) is 16.5. The summed E-state index contributed by atoms with van der Waals surface area (Å²) in [4.78, 5) is 104. The van der Waals surface area contributed by atoms with Gasteiger partial charge in [-0.1, -0.05) is 72.8 Å². The van der Waals surface area contributed by atoms with Crippen molar-refractivity contribution in [3.05, 3.63) is 227 Å². The number of ether oxygens (including phenoxy) is 2. The van der Waals surface area contributed by atoms with E-state index in [0.29, 0.717) is 61.8 Å². The van der Waals surface area contributed by atoms with Gasteiger partial charge >= 0.3 is 17.9 Å². The van der Waals surface area contributed by atoms with Crippen LogP contribution in [0, 0.1) is 0 Å². The van der Waals surface area contributed by atoms with Gasteiger partial charge in [0.05, 0.1) is 42.9 Å². The number of nitrogens with one attached hydrogen (secondary N) is 1. The maximum absolute atomic E-state index is 12.5. The van der Waals surface area contributed by atoms with Crippen molar-refractivity contribution in [2.45, 2.75) is 32.8 Å². The number of benzene rings is 6. The predicted octanol–water partition coefficient (Wildman–Crippen LogP) is 5.59. The summed E-state index contributed by atoms with van der Waals surface area (Å²) < 4.78 is 12.7. The number of rotatable bonds is 13. The van der Waals surface area contributed by atoms with Gasteiger partial charge in [-0.25, -0.2) is 14.4 Å². The van der Waals surface area contributed by atoms with Crippen LogP contribution in [-0.4, -0.2) is 83.7 Å². The summed E-state index contributed by atoms with van der Waals surface area (Å²) in [5, 5.41) is 24.8. The highest BCUT2D eigenvalue weighted by Crippen LogP contribution is 2.16. The summed E-state index contributed by atoms with van der Waals surface area (Å²) >= 11 is 5.54. The van der Waals surface area contributed by atoms with Gasteiger partial charge in [0.2, 0.25) is 51.1 Å². The molecule has 21 nitrogen and oxygen atoms in total. The highest BCUT2D eigenvalue weighted by atomic mass is 35.5. The molecule has 3 heterocycles. The SMILES string of the molecule is CCOC(=O)c1n[nH]c2ccccc2c1=O.CCOC(=O)c1nn(Cc2ccc(C(N)=O)cc2)c2ccccc2c1=O.NC(=O)c1ccc(CCl)cc1.NC(=O)c1ccc(Cn2nc(C(=O)O)c(=O)c3ccccc32)cc1. The molecule has 9 rings (SSSR count). The second kappa shape index (κ2) is 26.2. The minimum Gasteiger partial charge on any atom is -0.476 e. The number of halogens is 1. The molecule has 0 saturated carbocycles. The lowest BCUT2D eigenvalue weighted by atomic mass is 10.1. The number of hydrogen-bond acceptors (Lipinski definition) is 14. The fraction of sp³-hybridized carbons (Fsp3) is 0.127. The third-order valence-electron chi connectivity index (χ3n) is 11.1. The zero-order chi connectivity index (χ0) is 55.8. The van der Waals surface area contributed by atoms with Crippen LogP contribution in [0.25, 0.3) is 32.7 Å². The van der Waals surface area contributed by atoms with E-state index in [1.54, 1.807) is 164 Å². The number of aromatic nitrogens is 6. The number of nitrogens with zero attached hydrogens (tertiary/aromatic N) is 5. The number of aromatic amines is 1. The minimum absolute atomic E-state index is 0.154. The number of esters is 2. The van der Waals surface area contributed by atoms with Crippen molar-refractivity contribution in [3.63, 3.8) is 0 Å². The summed E-state index contributed by atoms with van der Waals surface area (Å²) in [6, 6.07) is 40.7. The van der Waals surface area contributed by atoms with Crippen LogP contribution in [0.4, 0.5) is 0 Å². The average molecular weight is 1060 g/mol. The molecule has 0 radical (unpaired) electrons. The van der Waals surface area contributed by atoms with Crippen molar-refractivity contribution >= 4 is 79.9 Å². The molecule has 9 aromatic rings. The van der Waals surface area contributed by atoms with Crippen molar-refractivity contribution in [1.29, 1.82) is 0 Å². The van der Waals surface area contributed by atoms with E-state index in [0.717, 1.165) is 16.7 Å². The Morgan fingerprint density at radius 2 is 0.870 bits per heavy atom. The summed E-state index contributed by atoms with van der Waals surface area (Å²) in [7, 11) is 0. The number of hydrogen-bond donors (Lipinski definition) is 5. The maximum atomic E-state index is 12.5. The fourth-order valence-electron chi connectivity index (χ4n) is 7.25. The number of nitrogens with two attached hydrogens (primary N) is 3. The Hall–Kier alpha value is -10.2. The number of aromatic carboxylic acids is 1. The molecular formula is C55H48ClN9O12. The van der Waals surface area contributed by atoms with E-state index >= 15 is 0 Å². The van der Waals surface area contributed by atoms with Crippen LogP contribution in [-0.2, 0) is 28.4 Å². The number of carbonyl (C=O) groups excluding carboxylic acids is 5. The van der Waals surface area contributed by atoms with Gasteiger partial charge in [-0.3, -0.25) is 43.2 Å². The third-order valence-corrected chi connectivity index (χ3v) is 11.4. The molecule has 0 saturated heterocycles. The number of amides is 3. The van der Waals surface area contributed by atoms with E-state index in [1.165, 1.54) is 4.68 Å². The zero-order valence-electron chi connectivity index (χ0n) is 41.2. The Morgan fingerprint density at radius 1 is 0.506 bits per heavy atom. The molecule has 8 N–H and O–H groups in total. The van der Waals surface area contributed by atoms with E-state index in [-0.39, 0.29) is 31.1 Å². The van der Waals surface area contributed by atoms with Crippen molar-refractivity contribution in [3.8, 4) is 0 Å². The molecule has 0 atom stereocenters. The Bertz CT molecular complexity index is 3840. The fourth-order valence-corrected chi connectivity index (χ4v) is 7.43. The lowest BCUT2D eigenvalue weighted by Crippen LogP contribution is -2.25. The van der Waals surface area contributed by atoms with E-state index < -0.39 is 57.6 Å². The summed E-state index contributed by atoms with van der Waals surface area (Å²) in [5.74, 6) is -3.81. The van der Waals surface area contributed by atoms with Crippen molar-refractivity contribution < 1.29 is 43.3 Å². The van der Waals surface area contributed by atoms with Gasteiger partial charge in [0.15, 0.2) is 0 Å². The van der Waals surface area contributed by atoms with Gasteiger partial charge in [0.1, 0.15) is 0 Å². The average Bonchev–Trinajstić information content (AvgIpc) is 3.44. The van der Waals surface area contributed by atoms with Gasteiger partial charge in [-0.15, -0.1) is 11.6 Å². The van der Waals surface area contributed by atoms with Crippen LogP contribution in [0.3, 0.4) is 0 Å². The second-order valence-electron chi connectivity index (χ2n) is 16.2. The van der Waals surface area contributed by atoms with Crippen LogP contribution in [0.1, 0.15) is 93.1 Å². The zero-order valence-corrected chi connectivity index (χ0v) is 41.9. The van der Waals surface area contributed by atoms with Gasteiger partial charge in [-0.2, -0.15) is 15.3 Å². The molecule has 0 aliphatic heterocycles. The molecule has 0 spiro atoms. The molecule has 0 fully saturated rings. The number of para-hydroxylation sites is 3. The maximum Gasteiger partial charge on any atom is 0.362 e. The van der Waals surface area contributed by atoms with Gasteiger partial charge < -0.3 is 31.8 Å². The molecule has 22 heteroatoms. The number of H-pyrrole nitrogens is 1. The Kier molecular flexibility index (Phi) is 19.1. The highest BCUT2D eigenvalue weighted by molar-refractivity contribution is 6.17. The van der Waals surface area contributed by atoms with Crippen LogP contribution >= 0.6 is 11.6 Å². The number of carboxylic acid groups (broad SMARTS) is 1. The lowest BCUT2D eigenvalue weighted by molar-refractivity contribution is 0.0506. The quantitative estimate of drug-likeness (QED) is 0.0694. The topological polar surface area (TPSA) is 335 Å². The van der Waals surface area contributed by atoms with Gasteiger partial charge in [-0.05, 0) is 103 Å². The lowest BCUT2D eigenvalue weighted by Gasteiger charge is -2.12. The Labute approximate surface area is 441 Å². The Morgan fingerprint density at radius 3 is 1.29 bits per heavy atom. The third kappa shape index (κ3) is 14.1. The van der Waals surface area contributed by atoms with E-state index in [9.17, 15) is 48.3 Å². The van der Waals surface area contributed by atoms with Crippen molar-refractivity contribution in [2.24, 2.45) is 17.2 Å².